The summed E-state index contributed by atoms with van der Waals surface area (Å²) in [5.41, 5.74) is 4.03. The molecule has 4 atom stereocenters. The third kappa shape index (κ3) is 12.7. The number of imidazole rings is 1. The van der Waals surface area contributed by atoms with Crippen molar-refractivity contribution in [2.45, 2.75) is 109 Å². The molecular formula is C53H59N7O7. The van der Waals surface area contributed by atoms with Gasteiger partial charge in [0.15, 0.2) is 0 Å². The van der Waals surface area contributed by atoms with Crippen molar-refractivity contribution in [3.8, 4) is 23.1 Å². The summed E-state index contributed by atoms with van der Waals surface area (Å²) in [6, 6.07) is 30.7. The van der Waals surface area contributed by atoms with E-state index < -0.39 is 41.5 Å². The molecule has 0 spiro atoms. The van der Waals surface area contributed by atoms with Gasteiger partial charge in [-0.15, -0.1) is 0 Å². The number of rotatable bonds is 11. The van der Waals surface area contributed by atoms with E-state index >= 15 is 0 Å². The molecule has 0 unspecified atom stereocenters. The molecule has 0 radical (unpaired) electrons. The number of hydrogen-bond donors (Lipinski definition) is 4. The lowest BCUT2D eigenvalue weighted by atomic mass is 10.0. The zero-order valence-corrected chi connectivity index (χ0v) is 38.9. The fourth-order valence-corrected chi connectivity index (χ4v) is 8.21. The second-order valence-electron chi connectivity index (χ2n) is 18.8. The second-order valence-corrected chi connectivity index (χ2v) is 18.8. The van der Waals surface area contributed by atoms with Crippen LogP contribution in [0.1, 0.15) is 119 Å². The summed E-state index contributed by atoms with van der Waals surface area (Å²) in [6.45, 7) is 11.8. The Hall–Kier alpha value is -7.40. The molecule has 2 saturated heterocycles. The van der Waals surface area contributed by atoms with Gasteiger partial charge in [-0.25, -0.2) is 14.6 Å². The Labute approximate surface area is 392 Å². The van der Waals surface area contributed by atoms with Crippen LogP contribution in [0.2, 0.25) is 0 Å². The summed E-state index contributed by atoms with van der Waals surface area (Å²) in [6.07, 6.45) is 3.10. The lowest BCUT2D eigenvalue weighted by Crippen LogP contribution is -2.50. The summed E-state index contributed by atoms with van der Waals surface area (Å²) in [5.74, 6) is 6.26. The van der Waals surface area contributed by atoms with Crippen LogP contribution in [0, 0.1) is 11.8 Å². The van der Waals surface area contributed by atoms with Gasteiger partial charge in [0.1, 0.15) is 35.2 Å². The van der Waals surface area contributed by atoms with Gasteiger partial charge in [-0.1, -0.05) is 96.8 Å². The number of aromatic amines is 1. The van der Waals surface area contributed by atoms with Gasteiger partial charge in [-0.2, -0.15) is 0 Å². The Kier molecular flexibility index (Phi) is 14.8. The van der Waals surface area contributed by atoms with Crippen molar-refractivity contribution in [2.75, 3.05) is 13.1 Å². The first kappa shape index (κ1) is 47.6. The van der Waals surface area contributed by atoms with Gasteiger partial charge in [-0.3, -0.25) is 14.4 Å². The molecule has 2 fully saturated rings. The highest BCUT2D eigenvalue weighted by Gasteiger charge is 2.40. The summed E-state index contributed by atoms with van der Waals surface area (Å²) >= 11 is 0. The van der Waals surface area contributed by atoms with Crippen molar-refractivity contribution < 1.29 is 33.4 Å². The number of nitrogens with one attached hydrogen (secondary N) is 4. The molecule has 14 heteroatoms. The molecule has 3 heterocycles. The van der Waals surface area contributed by atoms with Gasteiger partial charge in [0.25, 0.3) is 11.8 Å². The number of hydrogen-bond acceptors (Lipinski definition) is 8. The molecule has 0 aliphatic carbocycles. The van der Waals surface area contributed by atoms with Gasteiger partial charge in [0, 0.05) is 30.8 Å². The number of ether oxygens (including phenoxy) is 2. The molecule has 67 heavy (non-hydrogen) atoms. The molecule has 348 valence electrons. The third-order valence-corrected chi connectivity index (χ3v) is 11.3. The average molecular weight is 906 g/mol. The largest absolute Gasteiger partial charge is 0.444 e. The van der Waals surface area contributed by atoms with Crippen molar-refractivity contribution in [3.63, 3.8) is 0 Å². The fraction of sp³-hybridized carbons (Fsp3) is 0.358. The molecule has 5 aromatic rings. The van der Waals surface area contributed by atoms with E-state index in [1.54, 1.807) is 81.8 Å². The van der Waals surface area contributed by atoms with Crippen LogP contribution in [0.4, 0.5) is 9.59 Å². The molecular weight excluding hydrogens is 847 g/mol. The monoisotopic (exact) mass is 905 g/mol. The normalized spacial score (nSPS) is 16.8. The van der Waals surface area contributed by atoms with Crippen molar-refractivity contribution >= 4 is 29.9 Å². The smallest absolute Gasteiger partial charge is 0.408 e. The molecule has 4 N–H and O–H groups in total. The number of benzene rings is 4. The number of likely N-dealkylation sites (tertiary alicyclic amines) is 2. The Morgan fingerprint density at radius 3 is 1.70 bits per heavy atom. The van der Waals surface area contributed by atoms with Crippen molar-refractivity contribution in [3.05, 3.63) is 149 Å². The molecule has 4 aromatic carbocycles. The highest BCUT2D eigenvalue weighted by atomic mass is 16.6. The van der Waals surface area contributed by atoms with Gasteiger partial charge < -0.3 is 40.2 Å². The van der Waals surface area contributed by atoms with Crippen LogP contribution in [0.25, 0.3) is 11.3 Å². The number of carbonyl (C=O) groups excluding carboxylic acids is 5. The SMILES string of the molecule is CC(C)(C)OC(=O)N[C@@H](C(=O)N1CCC[C@H]1C(=O)NCc1ccc(C#Cc2ccc(-c3cnc([C@@H]4CCCN4C(=O)[C@H](NC(=O)OC(C)(C)C)c4ccccc4)[nH]3)cc2)cc1)c1ccccc1. The van der Waals surface area contributed by atoms with Crippen LogP contribution in [-0.4, -0.2) is 80.0 Å². The number of aromatic nitrogens is 2. The summed E-state index contributed by atoms with van der Waals surface area (Å²) in [7, 11) is 0. The van der Waals surface area contributed by atoms with Crippen LogP contribution in [0.3, 0.4) is 0 Å². The van der Waals surface area contributed by atoms with Gasteiger partial charge >= 0.3 is 12.2 Å². The Morgan fingerprint density at radius 2 is 1.16 bits per heavy atom. The molecule has 7 rings (SSSR count). The molecule has 2 aliphatic rings. The molecule has 2 aliphatic heterocycles. The van der Waals surface area contributed by atoms with E-state index in [2.05, 4.69) is 32.8 Å². The number of H-pyrrole nitrogens is 1. The van der Waals surface area contributed by atoms with E-state index in [1.807, 2.05) is 84.9 Å². The fourth-order valence-electron chi connectivity index (χ4n) is 8.21. The number of carbonyl (C=O) groups is 5. The first-order valence-electron chi connectivity index (χ1n) is 22.8. The maximum Gasteiger partial charge on any atom is 0.408 e. The quantitative estimate of drug-likeness (QED) is 0.0959. The minimum Gasteiger partial charge on any atom is -0.444 e. The predicted octanol–water partition coefficient (Wildman–Crippen LogP) is 8.28. The second kappa shape index (κ2) is 20.8. The Bertz CT molecular complexity index is 2590. The van der Waals surface area contributed by atoms with Crippen molar-refractivity contribution in [1.29, 1.82) is 0 Å². The van der Waals surface area contributed by atoms with E-state index in [4.69, 9.17) is 14.5 Å². The predicted molar refractivity (Wildman–Crippen MR) is 254 cm³/mol. The van der Waals surface area contributed by atoms with Crippen LogP contribution < -0.4 is 16.0 Å². The van der Waals surface area contributed by atoms with Crippen LogP contribution in [-0.2, 0) is 30.4 Å². The minimum absolute atomic E-state index is 0.228. The van der Waals surface area contributed by atoms with E-state index in [9.17, 15) is 24.0 Å². The first-order chi connectivity index (χ1) is 32.0. The topological polar surface area (TPSA) is 175 Å². The Morgan fingerprint density at radius 1 is 0.672 bits per heavy atom. The van der Waals surface area contributed by atoms with Gasteiger partial charge in [-0.05, 0) is 114 Å². The number of amides is 5. The highest BCUT2D eigenvalue weighted by molar-refractivity contribution is 5.92. The maximum absolute atomic E-state index is 14.1. The van der Waals surface area contributed by atoms with Crippen molar-refractivity contribution in [1.82, 2.24) is 35.7 Å². The Balaban J connectivity index is 0.936. The van der Waals surface area contributed by atoms with E-state index in [1.165, 1.54) is 0 Å². The summed E-state index contributed by atoms with van der Waals surface area (Å²) in [4.78, 5) is 78.6. The first-order valence-corrected chi connectivity index (χ1v) is 22.8. The van der Waals surface area contributed by atoms with Crippen LogP contribution in [0.15, 0.2) is 115 Å². The van der Waals surface area contributed by atoms with Crippen LogP contribution >= 0.6 is 0 Å². The number of nitrogens with zero attached hydrogens (tertiary/aromatic N) is 3. The van der Waals surface area contributed by atoms with E-state index in [0.29, 0.717) is 42.9 Å². The maximum atomic E-state index is 14.1. The number of alkyl carbamates (subject to hydrolysis) is 2. The summed E-state index contributed by atoms with van der Waals surface area (Å²) in [5, 5.41) is 8.53. The lowest BCUT2D eigenvalue weighted by Gasteiger charge is -2.29. The van der Waals surface area contributed by atoms with Gasteiger partial charge in [0.2, 0.25) is 5.91 Å². The summed E-state index contributed by atoms with van der Waals surface area (Å²) < 4.78 is 11.0. The molecule has 0 bridgehead atoms. The minimum atomic E-state index is -1.01. The molecule has 5 amide bonds. The molecule has 1 aromatic heterocycles. The molecule has 14 nitrogen and oxygen atoms in total. The zero-order chi connectivity index (χ0) is 47.7. The van der Waals surface area contributed by atoms with E-state index in [-0.39, 0.29) is 30.3 Å². The average Bonchev–Trinajstić information content (AvgIpc) is 4.11. The van der Waals surface area contributed by atoms with E-state index in [0.717, 1.165) is 40.8 Å². The lowest BCUT2D eigenvalue weighted by molar-refractivity contribution is -0.140. The highest BCUT2D eigenvalue weighted by Crippen LogP contribution is 2.34. The van der Waals surface area contributed by atoms with Crippen LogP contribution in [0.5, 0.6) is 0 Å². The zero-order valence-electron chi connectivity index (χ0n) is 38.9. The third-order valence-electron chi connectivity index (χ3n) is 11.3. The molecule has 0 saturated carbocycles. The van der Waals surface area contributed by atoms with Gasteiger partial charge in [0.05, 0.1) is 17.9 Å². The standard InChI is InChI=1S/C53H59N7O7/c1-52(2,3)66-50(64)57-44(39-15-9-7-10-16-39)48(62)59-31-13-19-42(59)46-54-34-41(56-46)38-29-27-36(28-30-38)22-21-35-23-25-37(26-24-35)33-55-47(61)43-20-14-32-60(43)49(63)45(40-17-11-8-12-18-40)58-51(65)67-53(4,5)6/h7-12,15-18,23-30,34,42-45H,13-14,19-20,31-33H2,1-6H3,(H,54,56)(H,55,61)(H,57,64)(H,58,65)/t42-,43-,44+,45+/m0/s1. The van der Waals surface area contributed by atoms with Crippen molar-refractivity contribution in [2.24, 2.45) is 0 Å².